The minimum atomic E-state index is -0.245. The van der Waals surface area contributed by atoms with Gasteiger partial charge in [-0.25, -0.2) is 14.4 Å². The molecule has 2 heterocycles. The number of nitrogens with zero attached hydrogens (tertiary/aromatic N) is 3. The molecule has 3 nitrogen and oxygen atoms in total. The number of fused-ring (bicyclic) bond motifs is 1. The van der Waals surface area contributed by atoms with Crippen molar-refractivity contribution >= 4 is 22.8 Å². The lowest BCUT2D eigenvalue weighted by Crippen LogP contribution is -1.95. The Hall–Kier alpha value is -2.66. The predicted octanol–water partition coefficient (Wildman–Crippen LogP) is 6.51. The van der Waals surface area contributed by atoms with E-state index in [1.165, 1.54) is 31.4 Å². The fraction of sp³-hybridized carbons (Fsp3) is 0.217. The van der Waals surface area contributed by atoms with Crippen LogP contribution < -0.4 is 0 Å². The van der Waals surface area contributed by atoms with Crippen molar-refractivity contribution in [1.29, 1.82) is 0 Å². The van der Waals surface area contributed by atoms with Crippen LogP contribution in [0.3, 0.4) is 0 Å². The van der Waals surface area contributed by atoms with Gasteiger partial charge in [-0.15, -0.1) is 11.8 Å². The third kappa shape index (κ3) is 3.80. The molecule has 28 heavy (non-hydrogen) atoms. The molecule has 0 bridgehead atoms. The molecule has 2 aromatic carbocycles. The second-order valence-corrected chi connectivity index (χ2v) is 7.77. The van der Waals surface area contributed by atoms with Gasteiger partial charge in [-0.1, -0.05) is 50.1 Å². The highest BCUT2D eigenvalue weighted by atomic mass is 32.2. The van der Waals surface area contributed by atoms with E-state index in [-0.39, 0.29) is 5.82 Å². The average molecular weight is 392 g/mol. The molecule has 142 valence electrons. The number of hydrogen-bond donors (Lipinski definition) is 0. The van der Waals surface area contributed by atoms with Gasteiger partial charge in [0, 0.05) is 17.4 Å². The molecule has 4 aromatic rings. The molecule has 5 heteroatoms. The summed E-state index contributed by atoms with van der Waals surface area (Å²) in [5.41, 5.74) is 3.95. The lowest BCUT2D eigenvalue weighted by atomic mass is 10.1. The van der Waals surface area contributed by atoms with Crippen LogP contribution >= 0.6 is 11.8 Å². The maximum Gasteiger partial charge on any atom is 0.149 e. The fourth-order valence-corrected chi connectivity index (χ4v) is 4.31. The number of thioether (sulfide) groups is 1. The first-order chi connectivity index (χ1) is 13.8. The third-order valence-electron chi connectivity index (χ3n) is 4.72. The number of aromatic nitrogens is 3. The number of halogens is 1. The van der Waals surface area contributed by atoms with Gasteiger partial charge in [-0.05, 0) is 42.0 Å². The molecule has 0 radical (unpaired) electrons. The summed E-state index contributed by atoms with van der Waals surface area (Å²) in [6, 6.07) is 16.8. The number of benzene rings is 2. The lowest BCUT2D eigenvalue weighted by Gasteiger charge is -2.06. The molecule has 0 saturated carbocycles. The summed E-state index contributed by atoms with van der Waals surface area (Å²) in [4.78, 5) is 9.17. The van der Waals surface area contributed by atoms with Crippen molar-refractivity contribution in [2.24, 2.45) is 0 Å². The minimum Gasteiger partial charge on any atom is -0.301 e. The van der Waals surface area contributed by atoms with Crippen molar-refractivity contribution in [2.75, 3.05) is 5.75 Å². The van der Waals surface area contributed by atoms with Crippen LogP contribution in [0.2, 0.25) is 0 Å². The molecule has 0 saturated heterocycles. The quantitative estimate of drug-likeness (QED) is 0.204. The summed E-state index contributed by atoms with van der Waals surface area (Å²) < 4.78 is 15.4. The Labute approximate surface area is 168 Å². The second kappa shape index (κ2) is 8.57. The van der Waals surface area contributed by atoms with E-state index in [4.69, 9.17) is 0 Å². The Morgan fingerprint density at radius 3 is 2.50 bits per heavy atom. The van der Waals surface area contributed by atoms with Crippen LogP contribution in [0.5, 0.6) is 0 Å². The van der Waals surface area contributed by atoms with E-state index in [1.54, 1.807) is 30.2 Å². The van der Waals surface area contributed by atoms with Crippen molar-refractivity contribution in [1.82, 2.24) is 14.5 Å². The van der Waals surface area contributed by atoms with Crippen LogP contribution in [-0.2, 0) is 0 Å². The normalized spacial score (nSPS) is 11.2. The van der Waals surface area contributed by atoms with Gasteiger partial charge in [-0.2, -0.15) is 0 Å². The lowest BCUT2D eigenvalue weighted by molar-refractivity contribution is 0.627. The van der Waals surface area contributed by atoms with Crippen LogP contribution in [0.15, 0.2) is 72.1 Å². The molecule has 4 rings (SSSR count). The van der Waals surface area contributed by atoms with Gasteiger partial charge < -0.3 is 4.57 Å². The summed E-state index contributed by atoms with van der Waals surface area (Å²) in [6.07, 6.45) is 7.31. The van der Waals surface area contributed by atoms with Crippen LogP contribution in [0, 0.1) is 5.82 Å². The van der Waals surface area contributed by atoms with Crippen molar-refractivity contribution < 1.29 is 4.39 Å². The molecule has 0 aliphatic heterocycles. The Morgan fingerprint density at radius 2 is 1.75 bits per heavy atom. The highest BCUT2D eigenvalue weighted by Gasteiger charge is 2.17. The number of unbranched alkanes of at least 4 members (excludes halogenated alkanes) is 2. The van der Waals surface area contributed by atoms with E-state index < -0.39 is 0 Å². The molecule has 0 unspecified atom stereocenters. The first-order valence-electron chi connectivity index (χ1n) is 9.58. The summed E-state index contributed by atoms with van der Waals surface area (Å²) in [5.74, 6) is 0.793. The van der Waals surface area contributed by atoms with E-state index in [0.29, 0.717) is 0 Å². The molecule has 0 spiro atoms. The standard InChI is InChI=1S/C23H22FN3S/c1-2-3-7-14-28-23-21-20(17-8-5-4-6-9-17)15-27(22(21)25-16-26-23)19-12-10-18(24)11-13-19/h4-6,8-13,15-16H,2-3,7,14H2,1H3. The molecular formula is C23H22FN3S. The molecule has 0 N–H and O–H groups in total. The maximum absolute atomic E-state index is 13.4. The minimum absolute atomic E-state index is 0.245. The molecule has 0 aliphatic rings. The van der Waals surface area contributed by atoms with Crippen LogP contribution in [0.1, 0.15) is 26.2 Å². The van der Waals surface area contributed by atoms with E-state index >= 15 is 0 Å². The van der Waals surface area contributed by atoms with Crippen molar-refractivity contribution in [3.63, 3.8) is 0 Å². The predicted molar refractivity (Wildman–Crippen MR) is 115 cm³/mol. The van der Waals surface area contributed by atoms with Gasteiger partial charge in [0.05, 0.1) is 5.39 Å². The van der Waals surface area contributed by atoms with Crippen LogP contribution in [-0.4, -0.2) is 20.3 Å². The smallest absolute Gasteiger partial charge is 0.149 e. The van der Waals surface area contributed by atoms with Crippen molar-refractivity contribution in [2.45, 2.75) is 31.2 Å². The van der Waals surface area contributed by atoms with E-state index in [9.17, 15) is 4.39 Å². The molecular weight excluding hydrogens is 369 g/mol. The topological polar surface area (TPSA) is 30.7 Å². The molecule has 0 fully saturated rings. The van der Waals surface area contributed by atoms with Gasteiger partial charge in [0.1, 0.15) is 22.8 Å². The Bertz CT molecular complexity index is 1060. The molecule has 0 amide bonds. The highest BCUT2D eigenvalue weighted by Crippen LogP contribution is 2.37. The zero-order valence-corrected chi connectivity index (χ0v) is 16.6. The van der Waals surface area contributed by atoms with E-state index in [0.717, 1.165) is 38.6 Å². The van der Waals surface area contributed by atoms with Crippen LogP contribution in [0.25, 0.3) is 27.8 Å². The summed E-state index contributed by atoms with van der Waals surface area (Å²) in [6.45, 7) is 2.21. The van der Waals surface area contributed by atoms with E-state index in [1.807, 2.05) is 22.8 Å². The largest absolute Gasteiger partial charge is 0.301 e. The average Bonchev–Trinajstić information content (AvgIpc) is 3.13. The zero-order chi connectivity index (χ0) is 19.3. The number of hydrogen-bond acceptors (Lipinski definition) is 3. The highest BCUT2D eigenvalue weighted by molar-refractivity contribution is 7.99. The Morgan fingerprint density at radius 1 is 0.964 bits per heavy atom. The maximum atomic E-state index is 13.4. The Kier molecular flexibility index (Phi) is 5.72. The summed E-state index contributed by atoms with van der Waals surface area (Å²) in [5, 5.41) is 2.06. The van der Waals surface area contributed by atoms with Crippen molar-refractivity contribution in [3.8, 4) is 16.8 Å². The van der Waals surface area contributed by atoms with Gasteiger partial charge in [0.2, 0.25) is 0 Å². The Balaban J connectivity index is 1.86. The van der Waals surface area contributed by atoms with Gasteiger partial charge >= 0.3 is 0 Å². The van der Waals surface area contributed by atoms with Gasteiger partial charge in [0.25, 0.3) is 0 Å². The second-order valence-electron chi connectivity index (χ2n) is 6.69. The van der Waals surface area contributed by atoms with E-state index in [2.05, 4.69) is 35.2 Å². The SMILES string of the molecule is CCCCCSc1ncnc2c1c(-c1ccccc1)cn2-c1ccc(F)cc1. The summed E-state index contributed by atoms with van der Waals surface area (Å²) >= 11 is 1.79. The summed E-state index contributed by atoms with van der Waals surface area (Å²) in [7, 11) is 0. The van der Waals surface area contributed by atoms with Crippen molar-refractivity contribution in [3.05, 3.63) is 72.9 Å². The number of rotatable bonds is 7. The van der Waals surface area contributed by atoms with Gasteiger partial charge in [0.15, 0.2) is 0 Å². The first-order valence-corrected chi connectivity index (χ1v) is 10.6. The molecule has 2 aromatic heterocycles. The fourth-order valence-electron chi connectivity index (χ4n) is 3.30. The zero-order valence-electron chi connectivity index (χ0n) is 15.8. The molecule has 0 atom stereocenters. The third-order valence-corrected chi connectivity index (χ3v) is 5.80. The monoisotopic (exact) mass is 391 g/mol. The van der Waals surface area contributed by atoms with Gasteiger partial charge in [-0.3, -0.25) is 0 Å². The van der Waals surface area contributed by atoms with Crippen LogP contribution in [0.4, 0.5) is 4.39 Å². The molecule has 0 aliphatic carbocycles. The first kappa shape index (κ1) is 18.7.